The number of hydrogen-bond donors (Lipinski definition) is 0. The molecule has 0 saturated carbocycles. The molecule has 0 radical (unpaired) electrons. The third kappa shape index (κ3) is 1.86. The fourth-order valence-electron chi connectivity index (χ4n) is 1.13. The summed E-state index contributed by atoms with van der Waals surface area (Å²) in [7, 11) is 1.32. The largest absolute Gasteiger partial charge is 0.496 e. The zero-order chi connectivity index (χ0) is 10.7. The Morgan fingerprint density at radius 3 is 2.64 bits per heavy atom. The highest BCUT2D eigenvalue weighted by Crippen LogP contribution is 2.27. The van der Waals surface area contributed by atoms with Crippen LogP contribution in [0.15, 0.2) is 6.07 Å². The van der Waals surface area contributed by atoms with Gasteiger partial charge in [-0.25, -0.2) is 8.78 Å². The maximum Gasteiger partial charge on any atom is 0.281 e. The lowest BCUT2D eigenvalue weighted by Crippen LogP contribution is -2.02. The molecule has 0 bridgehead atoms. The molecule has 76 valence electrons. The first-order valence-electron chi connectivity index (χ1n) is 3.89. The Morgan fingerprint density at radius 1 is 1.57 bits per heavy atom. The highest BCUT2D eigenvalue weighted by Gasteiger charge is 2.19. The lowest BCUT2D eigenvalue weighted by atomic mass is 10.1. The third-order valence-corrected chi connectivity index (χ3v) is 1.72. The summed E-state index contributed by atoms with van der Waals surface area (Å²) in [4.78, 5) is 14.2. The van der Waals surface area contributed by atoms with E-state index in [9.17, 15) is 13.6 Å². The predicted molar refractivity (Wildman–Crippen MR) is 45.9 cm³/mol. The van der Waals surface area contributed by atoms with Crippen LogP contribution in [-0.4, -0.2) is 18.4 Å². The molecule has 0 saturated heterocycles. The topological polar surface area (TPSA) is 39.2 Å². The van der Waals surface area contributed by atoms with Crippen molar-refractivity contribution < 1.29 is 18.3 Å². The van der Waals surface area contributed by atoms with Crippen molar-refractivity contribution in [3.05, 3.63) is 23.0 Å². The van der Waals surface area contributed by atoms with Gasteiger partial charge in [-0.3, -0.25) is 9.78 Å². The summed E-state index contributed by atoms with van der Waals surface area (Å²) in [6.07, 6.45) is -2.45. The van der Waals surface area contributed by atoms with E-state index in [4.69, 9.17) is 4.74 Å². The van der Waals surface area contributed by atoms with Crippen LogP contribution in [0.25, 0.3) is 0 Å². The van der Waals surface area contributed by atoms with Gasteiger partial charge in [-0.1, -0.05) is 0 Å². The number of pyridine rings is 1. The number of aldehydes is 1. The van der Waals surface area contributed by atoms with E-state index in [2.05, 4.69) is 4.98 Å². The minimum absolute atomic E-state index is 0.128. The molecule has 1 aromatic rings. The number of carbonyl (C=O) groups is 1. The van der Waals surface area contributed by atoms with Crippen LogP contribution in [0.5, 0.6) is 5.75 Å². The number of nitrogens with zero attached hydrogens (tertiary/aromatic N) is 1. The van der Waals surface area contributed by atoms with E-state index in [1.165, 1.54) is 13.2 Å². The highest BCUT2D eigenvalue weighted by molar-refractivity contribution is 5.81. The van der Waals surface area contributed by atoms with Crippen LogP contribution >= 0.6 is 0 Å². The van der Waals surface area contributed by atoms with Crippen molar-refractivity contribution in [2.24, 2.45) is 0 Å². The standard InChI is InChI=1S/C9H9F2NO2/c1-5-3-7(14-2)6(4-13)8(12-5)9(10)11/h3-4,9H,1-2H3. The summed E-state index contributed by atoms with van der Waals surface area (Å²) >= 11 is 0. The Labute approximate surface area is 79.7 Å². The van der Waals surface area contributed by atoms with Gasteiger partial charge in [-0.15, -0.1) is 0 Å². The van der Waals surface area contributed by atoms with Crippen LogP contribution in [0, 0.1) is 6.92 Å². The molecule has 0 aliphatic heterocycles. The maximum absolute atomic E-state index is 12.4. The van der Waals surface area contributed by atoms with Gasteiger partial charge in [-0.2, -0.15) is 0 Å². The van der Waals surface area contributed by atoms with Crippen molar-refractivity contribution in [2.75, 3.05) is 7.11 Å². The van der Waals surface area contributed by atoms with Gasteiger partial charge in [0, 0.05) is 11.8 Å². The van der Waals surface area contributed by atoms with E-state index < -0.39 is 12.1 Å². The van der Waals surface area contributed by atoms with Crippen LogP contribution < -0.4 is 4.74 Å². The van der Waals surface area contributed by atoms with Crippen molar-refractivity contribution >= 4 is 6.29 Å². The second kappa shape index (κ2) is 4.13. The molecule has 5 heteroatoms. The van der Waals surface area contributed by atoms with Gasteiger partial charge in [0.1, 0.15) is 11.4 Å². The summed E-state index contributed by atoms with van der Waals surface area (Å²) < 4.78 is 29.7. The lowest BCUT2D eigenvalue weighted by molar-refractivity contribution is 0.109. The third-order valence-electron chi connectivity index (χ3n) is 1.72. The smallest absolute Gasteiger partial charge is 0.281 e. The van der Waals surface area contributed by atoms with Crippen LogP contribution in [-0.2, 0) is 0 Å². The van der Waals surface area contributed by atoms with Gasteiger partial charge in [0.15, 0.2) is 6.29 Å². The van der Waals surface area contributed by atoms with E-state index in [0.29, 0.717) is 12.0 Å². The lowest BCUT2D eigenvalue weighted by Gasteiger charge is -2.09. The molecule has 14 heavy (non-hydrogen) atoms. The van der Waals surface area contributed by atoms with Gasteiger partial charge >= 0.3 is 0 Å². The van der Waals surface area contributed by atoms with Crippen LogP contribution in [0.1, 0.15) is 28.2 Å². The molecule has 0 atom stereocenters. The van der Waals surface area contributed by atoms with Crippen molar-refractivity contribution in [3.8, 4) is 5.75 Å². The maximum atomic E-state index is 12.4. The highest BCUT2D eigenvalue weighted by atomic mass is 19.3. The molecule has 0 aliphatic carbocycles. The van der Waals surface area contributed by atoms with Crippen molar-refractivity contribution in [1.82, 2.24) is 4.98 Å². The zero-order valence-corrected chi connectivity index (χ0v) is 7.75. The number of hydrogen-bond acceptors (Lipinski definition) is 3. The van der Waals surface area contributed by atoms with Gasteiger partial charge < -0.3 is 4.74 Å². The molecule has 0 amide bonds. The van der Waals surface area contributed by atoms with E-state index >= 15 is 0 Å². The van der Waals surface area contributed by atoms with Crippen LogP contribution in [0.3, 0.4) is 0 Å². The van der Waals surface area contributed by atoms with Crippen LogP contribution in [0.2, 0.25) is 0 Å². The number of rotatable bonds is 3. The molecule has 0 aromatic carbocycles. The molecule has 0 N–H and O–H groups in total. The number of ether oxygens (including phenoxy) is 1. The van der Waals surface area contributed by atoms with Crippen LogP contribution in [0.4, 0.5) is 8.78 Å². The van der Waals surface area contributed by atoms with Gasteiger partial charge in [-0.05, 0) is 6.92 Å². The molecule has 0 aliphatic rings. The average molecular weight is 201 g/mol. The van der Waals surface area contributed by atoms with E-state index in [1.54, 1.807) is 6.92 Å². The summed E-state index contributed by atoms with van der Waals surface area (Å²) in [6.45, 7) is 1.56. The first-order valence-corrected chi connectivity index (χ1v) is 3.89. The second-order valence-electron chi connectivity index (χ2n) is 2.68. The molecular weight excluding hydrogens is 192 g/mol. The number of carbonyl (C=O) groups excluding carboxylic acids is 1. The van der Waals surface area contributed by atoms with Gasteiger partial charge in [0.25, 0.3) is 6.43 Å². The summed E-state index contributed by atoms with van der Waals surface area (Å²) in [5.74, 6) is 0.128. The SMILES string of the molecule is COc1cc(C)nc(C(F)F)c1C=O. The van der Waals surface area contributed by atoms with Gasteiger partial charge in [0.05, 0.1) is 12.7 Å². The molecule has 0 fully saturated rings. The number of methoxy groups -OCH3 is 1. The molecule has 3 nitrogen and oxygen atoms in total. The molecular formula is C9H9F2NO2. The number of aromatic nitrogens is 1. The fourth-order valence-corrected chi connectivity index (χ4v) is 1.13. The summed E-state index contributed by atoms with van der Waals surface area (Å²) in [6, 6.07) is 1.44. The molecule has 1 heterocycles. The Hall–Kier alpha value is -1.52. The van der Waals surface area contributed by atoms with E-state index in [0.717, 1.165) is 0 Å². The number of halogens is 2. The minimum Gasteiger partial charge on any atom is -0.496 e. The molecule has 0 unspecified atom stereocenters. The average Bonchev–Trinajstić information content (AvgIpc) is 2.16. The Morgan fingerprint density at radius 2 is 2.21 bits per heavy atom. The number of alkyl halides is 2. The fraction of sp³-hybridized carbons (Fsp3) is 0.333. The van der Waals surface area contributed by atoms with Gasteiger partial charge in [0.2, 0.25) is 0 Å². The molecule has 0 spiro atoms. The Balaban J connectivity index is 3.39. The monoisotopic (exact) mass is 201 g/mol. The predicted octanol–water partition coefficient (Wildman–Crippen LogP) is 2.15. The first kappa shape index (κ1) is 10.6. The van der Waals surface area contributed by atoms with Crippen molar-refractivity contribution in [3.63, 3.8) is 0 Å². The second-order valence-corrected chi connectivity index (χ2v) is 2.68. The zero-order valence-electron chi connectivity index (χ0n) is 7.75. The quantitative estimate of drug-likeness (QED) is 0.703. The first-order chi connectivity index (χ1) is 6.60. The Bertz CT molecular complexity index is 353. The summed E-state index contributed by atoms with van der Waals surface area (Å²) in [5, 5.41) is 0. The molecule has 1 aromatic heterocycles. The minimum atomic E-state index is -2.77. The molecule has 1 rings (SSSR count). The van der Waals surface area contributed by atoms with E-state index in [1.807, 2.05) is 0 Å². The Kier molecular flexibility index (Phi) is 3.11. The van der Waals surface area contributed by atoms with Crippen molar-refractivity contribution in [1.29, 1.82) is 0 Å². The number of aryl methyl sites for hydroxylation is 1. The normalized spacial score (nSPS) is 10.4. The van der Waals surface area contributed by atoms with Crippen molar-refractivity contribution in [2.45, 2.75) is 13.3 Å². The van der Waals surface area contributed by atoms with E-state index in [-0.39, 0.29) is 11.3 Å². The summed E-state index contributed by atoms with van der Waals surface area (Å²) in [5.41, 5.74) is -0.326.